The fourth-order valence-electron chi connectivity index (χ4n) is 6.66. The van der Waals surface area contributed by atoms with E-state index in [1.165, 1.54) is 18.3 Å². The lowest BCUT2D eigenvalue weighted by atomic mass is 9.96. The average molecular weight is 733 g/mol. The molecule has 10 nitrogen and oxygen atoms in total. The molecule has 2 saturated heterocycles. The van der Waals surface area contributed by atoms with Crippen LogP contribution in [0.5, 0.6) is 11.8 Å². The zero-order valence-electron chi connectivity index (χ0n) is 28.9. The molecule has 6 rings (SSSR count). The van der Waals surface area contributed by atoms with Gasteiger partial charge in [-0.05, 0) is 82.5 Å². The number of hydrogen-bond donors (Lipinski definition) is 1. The van der Waals surface area contributed by atoms with Crippen LogP contribution in [-0.4, -0.2) is 90.2 Å². The molecule has 4 aromatic rings. The van der Waals surface area contributed by atoms with Crippen LogP contribution in [0, 0.1) is 11.7 Å². The van der Waals surface area contributed by atoms with Gasteiger partial charge in [0.1, 0.15) is 34.6 Å². The molecular weight excluding hydrogens is 692 g/mol. The van der Waals surface area contributed by atoms with Crippen LogP contribution in [0.25, 0.3) is 32.9 Å². The number of nitrogens with one attached hydrogen (secondary N) is 1. The van der Waals surface area contributed by atoms with Gasteiger partial charge in [0.15, 0.2) is 5.82 Å². The third kappa shape index (κ3) is 8.49. The van der Waals surface area contributed by atoms with Crippen LogP contribution in [0.4, 0.5) is 28.2 Å². The fraction of sp³-hybridized carbons (Fsp3) is 0.500. The Balaban J connectivity index is 1.42. The summed E-state index contributed by atoms with van der Waals surface area (Å²) in [4.78, 5) is 29.9. The van der Waals surface area contributed by atoms with E-state index in [9.17, 15) is 18.0 Å². The molecule has 0 spiro atoms. The molecule has 0 unspecified atom stereocenters. The number of pyridine rings is 1. The minimum absolute atomic E-state index is 0.108. The third-order valence-corrected chi connectivity index (χ3v) is 9.40. The summed E-state index contributed by atoms with van der Waals surface area (Å²) in [7, 11) is 1.79. The quantitative estimate of drug-likeness (QED) is 0.182. The largest absolute Gasteiger partial charge is 0.463 e. The molecule has 0 radical (unpaired) electrons. The highest BCUT2D eigenvalue weighted by molar-refractivity contribution is 6.36. The molecule has 2 aromatic carbocycles. The van der Waals surface area contributed by atoms with Crippen LogP contribution in [0.3, 0.4) is 0 Å². The van der Waals surface area contributed by atoms with Gasteiger partial charge in [-0.25, -0.2) is 13.6 Å². The molecule has 2 aromatic heterocycles. The zero-order valence-corrected chi connectivity index (χ0v) is 29.7. The Bertz CT molecular complexity index is 1900. The number of likely N-dealkylation sites (tertiary alicyclic amines) is 1. The van der Waals surface area contributed by atoms with E-state index in [0.717, 1.165) is 12.8 Å². The van der Waals surface area contributed by atoms with E-state index < -0.39 is 30.3 Å². The second kappa shape index (κ2) is 15.2. The lowest BCUT2D eigenvalue weighted by molar-refractivity contribution is -0.0497. The van der Waals surface area contributed by atoms with Gasteiger partial charge < -0.3 is 29.3 Å². The molecule has 4 heterocycles. The molecule has 15 heteroatoms. The van der Waals surface area contributed by atoms with Crippen molar-refractivity contribution in [2.45, 2.75) is 70.9 Å². The minimum atomic E-state index is -3.11. The Morgan fingerprint density at radius 3 is 2.76 bits per heavy atom. The number of anilines is 1. The van der Waals surface area contributed by atoms with Crippen molar-refractivity contribution in [3.63, 3.8) is 0 Å². The molecule has 3 atom stereocenters. The van der Waals surface area contributed by atoms with Crippen molar-refractivity contribution in [2.24, 2.45) is 5.92 Å². The normalized spacial score (nSPS) is 20.0. The summed E-state index contributed by atoms with van der Waals surface area (Å²) >= 11 is 6.56. The Labute approximate surface area is 298 Å². The molecule has 2 aliphatic rings. The third-order valence-electron chi connectivity index (χ3n) is 9.09. The summed E-state index contributed by atoms with van der Waals surface area (Å²) in [5, 5.41) is 4.45. The van der Waals surface area contributed by atoms with E-state index in [1.54, 1.807) is 50.9 Å². The SMILES string of the molecule is CN(c1nc(OC[C@@H]2CCCNC[C@H](F)C2)nc2c(F)c(-c3cc(OC(F)F)cc4cccc(Cl)c34)ncc12)[C@@H]1CCN(C(=O)OC(C)(C)C)C1. The van der Waals surface area contributed by atoms with E-state index in [4.69, 9.17) is 30.8 Å². The van der Waals surface area contributed by atoms with Crippen molar-refractivity contribution in [1.82, 2.24) is 25.2 Å². The van der Waals surface area contributed by atoms with Gasteiger partial charge in [0.05, 0.1) is 12.0 Å². The van der Waals surface area contributed by atoms with Gasteiger partial charge >= 0.3 is 18.7 Å². The van der Waals surface area contributed by atoms with Gasteiger partial charge in [-0.15, -0.1) is 0 Å². The number of halogens is 5. The van der Waals surface area contributed by atoms with Crippen molar-refractivity contribution in [3.8, 4) is 23.0 Å². The number of ether oxygens (including phenoxy) is 3. The van der Waals surface area contributed by atoms with Crippen LogP contribution in [0.2, 0.25) is 5.02 Å². The summed E-state index contributed by atoms with van der Waals surface area (Å²) in [5.74, 6) is -0.845. The molecule has 1 amide bonds. The summed E-state index contributed by atoms with van der Waals surface area (Å²) in [6.07, 6.45) is 2.40. The number of carbonyl (C=O) groups is 1. The first kappa shape index (κ1) is 36.6. The van der Waals surface area contributed by atoms with Crippen molar-refractivity contribution in [2.75, 3.05) is 44.7 Å². The number of fused-ring (bicyclic) bond motifs is 2. The maximum atomic E-state index is 16.9. The number of carbonyl (C=O) groups excluding carboxylic acids is 1. The summed E-state index contributed by atoms with van der Waals surface area (Å²) in [6, 6.07) is 7.24. The fourth-order valence-corrected chi connectivity index (χ4v) is 6.94. The van der Waals surface area contributed by atoms with E-state index in [-0.39, 0.29) is 64.1 Å². The Morgan fingerprint density at radius 1 is 1.20 bits per heavy atom. The first-order valence-electron chi connectivity index (χ1n) is 17.0. The Kier molecular flexibility index (Phi) is 10.9. The van der Waals surface area contributed by atoms with Crippen molar-refractivity contribution in [1.29, 1.82) is 0 Å². The highest BCUT2D eigenvalue weighted by Gasteiger charge is 2.34. The first-order valence-corrected chi connectivity index (χ1v) is 17.4. The molecule has 0 saturated carbocycles. The van der Waals surface area contributed by atoms with Crippen molar-refractivity contribution >= 4 is 45.2 Å². The molecular formula is C36H41ClF4N6O4. The second-order valence-corrected chi connectivity index (χ2v) is 14.4. The molecule has 0 bridgehead atoms. The van der Waals surface area contributed by atoms with Gasteiger partial charge in [0.25, 0.3) is 0 Å². The lowest BCUT2D eigenvalue weighted by Crippen LogP contribution is -2.39. The number of likely N-dealkylation sites (N-methyl/N-ethyl adjacent to an activating group) is 1. The Morgan fingerprint density at radius 2 is 2.00 bits per heavy atom. The zero-order chi connectivity index (χ0) is 36.4. The van der Waals surface area contributed by atoms with Crippen LogP contribution in [0.1, 0.15) is 46.5 Å². The molecule has 2 aliphatic heterocycles. The highest BCUT2D eigenvalue weighted by atomic mass is 35.5. The number of benzene rings is 2. The van der Waals surface area contributed by atoms with E-state index in [0.29, 0.717) is 49.1 Å². The average Bonchev–Trinajstić information content (AvgIpc) is 3.55. The predicted octanol–water partition coefficient (Wildman–Crippen LogP) is 7.79. The van der Waals surface area contributed by atoms with Gasteiger partial charge in [-0.3, -0.25) is 4.98 Å². The first-order chi connectivity index (χ1) is 24.3. The van der Waals surface area contributed by atoms with Gasteiger partial charge in [-0.1, -0.05) is 23.7 Å². The molecule has 2 fully saturated rings. The van der Waals surface area contributed by atoms with E-state index in [2.05, 4.69) is 15.3 Å². The van der Waals surface area contributed by atoms with Gasteiger partial charge in [-0.2, -0.15) is 18.7 Å². The molecule has 274 valence electrons. The molecule has 1 N–H and O–H groups in total. The van der Waals surface area contributed by atoms with Crippen LogP contribution >= 0.6 is 11.6 Å². The number of nitrogens with zero attached hydrogens (tertiary/aromatic N) is 5. The lowest BCUT2D eigenvalue weighted by Gasteiger charge is -2.28. The minimum Gasteiger partial charge on any atom is -0.463 e. The summed E-state index contributed by atoms with van der Waals surface area (Å²) in [5.41, 5.74) is -0.847. The predicted molar refractivity (Wildman–Crippen MR) is 187 cm³/mol. The number of rotatable bonds is 8. The number of aromatic nitrogens is 3. The maximum Gasteiger partial charge on any atom is 0.410 e. The summed E-state index contributed by atoms with van der Waals surface area (Å²) in [6.45, 7) is 4.15. The smallest absolute Gasteiger partial charge is 0.410 e. The van der Waals surface area contributed by atoms with Crippen molar-refractivity contribution < 1.29 is 36.6 Å². The number of alkyl halides is 3. The van der Waals surface area contributed by atoms with Crippen LogP contribution in [0.15, 0.2) is 36.5 Å². The molecule has 51 heavy (non-hydrogen) atoms. The standard InChI is InChI=1S/C36H41ClF4N6O4/c1-36(2,3)51-35(48)47-12-10-23(18-47)46(4)32-26-17-43-30(25-15-24(50-33(40)41)14-21-8-5-9-27(37)28(21)25)29(39)31(26)44-34(45-32)49-19-20-7-6-11-42-16-22(38)13-20/h5,8-9,14-15,17,20,22-23,33,42H,6-7,10-13,16,18-19H2,1-4H3/t20-,22-,23-/m1/s1. The van der Waals surface area contributed by atoms with Crippen LogP contribution < -0.4 is 19.7 Å². The second-order valence-electron chi connectivity index (χ2n) is 14.0. The van der Waals surface area contributed by atoms with E-state index in [1.807, 2.05) is 4.90 Å². The number of amides is 1. The maximum absolute atomic E-state index is 16.9. The van der Waals surface area contributed by atoms with Crippen LogP contribution in [-0.2, 0) is 4.74 Å². The highest BCUT2D eigenvalue weighted by Crippen LogP contribution is 2.40. The summed E-state index contributed by atoms with van der Waals surface area (Å²) < 4.78 is 74.4. The van der Waals surface area contributed by atoms with E-state index >= 15 is 4.39 Å². The monoisotopic (exact) mass is 732 g/mol. The molecule has 0 aliphatic carbocycles. The Hall–Kier alpha value is -4.17. The van der Waals surface area contributed by atoms with Gasteiger partial charge in [0.2, 0.25) is 0 Å². The van der Waals surface area contributed by atoms with Crippen molar-refractivity contribution in [3.05, 3.63) is 47.4 Å². The topological polar surface area (TPSA) is 102 Å². The number of hydrogen-bond acceptors (Lipinski definition) is 9. The van der Waals surface area contributed by atoms with Gasteiger partial charge in [0, 0.05) is 54.9 Å².